The average molecular weight is 363 g/mol. The molecule has 106 valence electrons. The average Bonchev–Trinajstić information content (AvgIpc) is 3.03. The van der Waals surface area contributed by atoms with Crippen molar-refractivity contribution in [2.24, 2.45) is 0 Å². The molecule has 5 heteroatoms. The number of nitrogens with zero attached hydrogens (tertiary/aromatic N) is 2. The van der Waals surface area contributed by atoms with E-state index in [-0.39, 0.29) is 0 Å². The normalized spacial score (nSPS) is 10.6. The molecule has 0 spiro atoms. The molecule has 0 radical (unpaired) electrons. The lowest BCUT2D eigenvalue weighted by atomic mass is 10.2. The molecule has 1 aromatic heterocycles. The number of benzene rings is 2. The molecule has 2 aromatic carbocycles. The molecule has 1 heterocycles. The van der Waals surface area contributed by atoms with Crippen molar-refractivity contribution in [1.82, 2.24) is 9.55 Å². The Kier molecular flexibility index (Phi) is 4.27. The van der Waals surface area contributed by atoms with Crippen LogP contribution in [0.15, 0.2) is 65.7 Å². The van der Waals surface area contributed by atoms with Crippen molar-refractivity contribution in [3.63, 3.8) is 0 Å². The lowest BCUT2D eigenvalue weighted by Gasteiger charge is -2.13. The molecule has 0 aliphatic heterocycles. The van der Waals surface area contributed by atoms with Crippen molar-refractivity contribution in [3.8, 4) is 5.69 Å². The van der Waals surface area contributed by atoms with E-state index in [1.807, 2.05) is 41.1 Å². The number of rotatable bonds is 4. The summed E-state index contributed by atoms with van der Waals surface area (Å²) in [4.78, 5) is 4.09. The van der Waals surface area contributed by atoms with Crippen molar-refractivity contribution in [2.45, 2.75) is 6.54 Å². The van der Waals surface area contributed by atoms with Crippen molar-refractivity contribution < 1.29 is 0 Å². The molecular weight excluding hydrogens is 350 g/mol. The van der Waals surface area contributed by atoms with Crippen LogP contribution in [0.25, 0.3) is 5.69 Å². The molecule has 0 aliphatic carbocycles. The Hall–Kier alpha value is -1.78. The second-order valence-electron chi connectivity index (χ2n) is 4.59. The Morgan fingerprint density at radius 2 is 2.05 bits per heavy atom. The lowest BCUT2D eigenvalue weighted by Crippen LogP contribution is -2.03. The van der Waals surface area contributed by atoms with Gasteiger partial charge in [0.2, 0.25) is 0 Å². The number of nitrogens with one attached hydrogen (secondary N) is 1. The van der Waals surface area contributed by atoms with Gasteiger partial charge < -0.3 is 9.88 Å². The van der Waals surface area contributed by atoms with Gasteiger partial charge in [-0.25, -0.2) is 4.98 Å². The Morgan fingerprint density at radius 3 is 2.81 bits per heavy atom. The van der Waals surface area contributed by atoms with E-state index in [1.165, 1.54) is 0 Å². The van der Waals surface area contributed by atoms with Crippen LogP contribution < -0.4 is 5.32 Å². The van der Waals surface area contributed by atoms with E-state index in [0.29, 0.717) is 0 Å². The summed E-state index contributed by atoms with van der Waals surface area (Å²) in [6, 6.07) is 14.1. The first-order valence-electron chi connectivity index (χ1n) is 6.49. The number of anilines is 1. The summed E-state index contributed by atoms with van der Waals surface area (Å²) in [5.74, 6) is 0. The molecular formula is C16H13BrClN3. The fourth-order valence-corrected chi connectivity index (χ4v) is 2.64. The van der Waals surface area contributed by atoms with Gasteiger partial charge in [-0.1, -0.05) is 29.8 Å². The molecule has 0 fully saturated rings. The SMILES string of the molecule is Clc1ccc(CNc2ccccc2-n2ccnc2)cc1Br. The maximum Gasteiger partial charge on any atom is 0.0992 e. The number of aromatic nitrogens is 2. The molecule has 0 amide bonds. The number of imidazole rings is 1. The highest BCUT2D eigenvalue weighted by Crippen LogP contribution is 2.25. The number of hydrogen-bond acceptors (Lipinski definition) is 2. The standard InChI is InChI=1S/C16H13BrClN3/c17-13-9-12(5-6-14(13)18)10-20-15-3-1-2-4-16(15)21-8-7-19-11-21/h1-9,11,20H,10H2. The fourth-order valence-electron chi connectivity index (χ4n) is 2.10. The summed E-state index contributed by atoms with van der Waals surface area (Å²) in [6.07, 6.45) is 5.49. The monoisotopic (exact) mass is 361 g/mol. The van der Waals surface area contributed by atoms with Gasteiger partial charge in [-0.05, 0) is 45.8 Å². The van der Waals surface area contributed by atoms with Crippen molar-refractivity contribution in [3.05, 3.63) is 76.2 Å². The number of hydrogen-bond donors (Lipinski definition) is 1. The van der Waals surface area contributed by atoms with Gasteiger partial charge in [0.15, 0.2) is 0 Å². The summed E-state index contributed by atoms with van der Waals surface area (Å²) in [6.45, 7) is 0.724. The van der Waals surface area contributed by atoms with Gasteiger partial charge in [-0.2, -0.15) is 0 Å². The highest BCUT2D eigenvalue weighted by atomic mass is 79.9. The van der Waals surface area contributed by atoms with Crippen LogP contribution in [0.2, 0.25) is 5.02 Å². The minimum atomic E-state index is 0.720. The van der Waals surface area contributed by atoms with Gasteiger partial charge in [0, 0.05) is 23.4 Å². The van der Waals surface area contributed by atoms with Crippen LogP contribution in [0.5, 0.6) is 0 Å². The molecule has 3 rings (SSSR count). The molecule has 1 N–H and O–H groups in total. The second-order valence-corrected chi connectivity index (χ2v) is 5.85. The van der Waals surface area contributed by atoms with E-state index in [4.69, 9.17) is 11.6 Å². The highest BCUT2D eigenvalue weighted by molar-refractivity contribution is 9.10. The molecule has 21 heavy (non-hydrogen) atoms. The van der Waals surface area contributed by atoms with Crippen molar-refractivity contribution in [2.75, 3.05) is 5.32 Å². The van der Waals surface area contributed by atoms with Crippen LogP contribution in [0.3, 0.4) is 0 Å². The maximum absolute atomic E-state index is 6.01. The first kappa shape index (κ1) is 14.2. The lowest BCUT2D eigenvalue weighted by molar-refractivity contribution is 1.04. The van der Waals surface area contributed by atoms with E-state index in [2.05, 4.69) is 38.4 Å². The highest BCUT2D eigenvalue weighted by Gasteiger charge is 2.04. The minimum Gasteiger partial charge on any atom is -0.379 e. The van der Waals surface area contributed by atoms with E-state index in [0.717, 1.165) is 33.0 Å². The molecule has 0 unspecified atom stereocenters. The molecule has 0 aliphatic rings. The van der Waals surface area contributed by atoms with Crippen molar-refractivity contribution >= 4 is 33.2 Å². The summed E-state index contributed by atoms with van der Waals surface area (Å²) in [5.41, 5.74) is 3.29. The number of halogens is 2. The number of para-hydroxylation sites is 2. The van der Waals surface area contributed by atoms with Gasteiger partial charge >= 0.3 is 0 Å². The molecule has 0 saturated carbocycles. The van der Waals surface area contributed by atoms with E-state index < -0.39 is 0 Å². The van der Waals surface area contributed by atoms with Gasteiger partial charge in [0.25, 0.3) is 0 Å². The Morgan fingerprint density at radius 1 is 1.19 bits per heavy atom. The van der Waals surface area contributed by atoms with Gasteiger partial charge in [0.1, 0.15) is 0 Å². The quantitative estimate of drug-likeness (QED) is 0.715. The minimum absolute atomic E-state index is 0.720. The Labute approximate surface area is 136 Å². The van der Waals surface area contributed by atoms with Gasteiger partial charge in [-0.15, -0.1) is 0 Å². The van der Waals surface area contributed by atoms with Crippen LogP contribution in [0.1, 0.15) is 5.56 Å². The smallest absolute Gasteiger partial charge is 0.0992 e. The summed E-state index contributed by atoms with van der Waals surface area (Å²) in [7, 11) is 0. The van der Waals surface area contributed by atoms with Gasteiger partial charge in [0.05, 0.1) is 22.7 Å². The third kappa shape index (κ3) is 3.28. The third-order valence-corrected chi connectivity index (χ3v) is 4.37. The maximum atomic E-state index is 6.01. The Balaban J connectivity index is 1.81. The molecule has 3 nitrogen and oxygen atoms in total. The first-order chi connectivity index (χ1) is 10.2. The van der Waals surface area contributed by atoms with Crippen LogP contribution >= 0.6 is 27.5 Å². The van der Waals surface area contributed by atoms with Crippen LogP contribution in [0, 0.1) is 0 Å². The van der Waals surface area contributed by atoms with Crippen LogP contribution in [0.4, 0.5) is 5.69 Å². The van der Waals surface area contributed by atoms with Gasteiger partial charge in [-0.3, -0.25) is 0 Å². The zero-order valence-corrected chi connectivity index (χ0v) is 13.5. The molecule has 3 aromatic rings. The topological polar surface area (TPSA) is 29.9 Å². The predicted octanol–water partition coefficient (Wildman–Crippen LogP) is 4.90. The van der Waals surface area contributed by atoms with E-state index >= 15 is 0 Å². The molecule has 0 bridgehead atoms. The Bertz CT molecular complexity index is 741. The molecule has 0 atom stereocenters. The zero-order chi connectivity index (χ0) is 14.7. The largest absolute Gasteiger partial charge is 0.379 e. The second kappa shape index (κ2) is 6.33. The summed E-state index contributed by atoms with van der Waals surface area (Å²) in [5, 5.41) is 4.17. The first-order valence-corrected chi connectivity index (χ1v) is 7.66. The fraction of sp³-hybridized carbons (Fsp3) is 0.0625. The predicted molar refractivity (Wildman–Crippen MR) is 90.0 cm³/mol. The van der Waals surface area contributed by atoms with Crippen LogP contribution in [-0.4, -0.2) is 9.55 Å². The molecule has 0 saturated heterocycles. The summed E-state index contributed by atoms with van der Waals surface area (Å²) < 4.78 is 2.89. The van der Waals surface area contributed by atoms with E-state index in [9.17, 15) is 0 Å². The zero-order valence-electron chi connectivity index (χ0n) is 11.1. The third-order valence-electron chi connectivity index (χ3n) is 3.15. The van der Waals surface area contributed by atoms with E-state index in [1.54, 1.807) is 12.5 Å². The van der Waals surface area contributed by atoms with Crippen LogP contribution in [-0.2, 0) is 6.54 Å². The summed E-state index contributed by atoms with van der Waals surface area (Å²) >= 11 is 9.46. The van der Waals surface area contributed by atoms with Crippen molar-refractivity contribution in [1.29, 1.82) is 0 Å².